The SMILES string of the molecule is CCCC(CCCNC)NC(=O)OC(C)(C)C. The van der Waals surface area contributed by atoms with Crippen LogP contribution < -0.4 is 10.6 Å². The summed E-state index contributed by atoms with van der Waals surface area (Å²) in [5, 5.41) is 6.06. The molecule has 0 bridgehead atoms. The van der Waals surface area contributed by atoms with Gasteiger partial charge in [0.2, 0.25) is 0 Å². The van der Waals surface area contributed by atoms with Gasteiger partial charge >= 0.3 is 6.09 Å². The fourth-order valence-electron chi connectivity index (χ4n) is 1.64. The van der Waals surface area contributed by atoms with Crippen LogP contribution in [0.2, 0.25) is 0 Å². The molecule has 1 atom stereocenters. The van der Waals surface area contributed by atoms with E-state index in [9.17, 15) is 4.79 Å². The lowest BCUT2D eigenvalue weighted by atomic mass is 10.1. The zero-order valence-corrected chi connectivity index (χ0v) is 11.9. The van der Waals surface area contributed by atoms with Crippen molar-refractivity contribution in [3.8, 4) is 0 Å². The first kappa shape index (κ1) is 16.2. The summed E-state index contributed by atoms with van der Waals surface area (Å²) in [6.45, 7) is 8.74. The van der Waals surface area contributed by atoms with Gasteiger partial charge in [0, 0.05) is 6.04 Å². The highest BCUT2D eigenvalue weighted by Crippen LogP contribution is 2.09. The first-order chi connectivity index (χ1) is 7.89. The van der Waals surface area contributed by atoms with E-state index in [1.807, 2.05) is 27.8 Å². The van der Waals surface area contributed by atoms with Crippen LogP contribution in [0.3, 0.4) is 0 Å². The molecule has 0 saturated carbocycles. The minimum atomic E-state index is -0.425. The number of rotatable bonds is 7. The van der Waals surface area contributed by atoms with E-state index in [4.69, 9.17) is 4.74 Å². The molecule has 0 aliphatic carbocycles. The van der Waals surface area contributed by atoms with E-state index in [0.717, 1.165) is 32.2 Å². The molecule has 0 rings (SSSR count). The van der Waals surface area contributed by atoms with E-state index in [1.54, 1.807) is 0 Å². The van der Waals surface area contributed by atoms with Crippen molar-refractivity contribution in [1.29, 1.82) is 0 Å². The highest BCUT2D eigenvalue weighted by Gasteiger charge is 2.18. The van der Waals surface area contributed by atoms with E-state index in [-0.39, 0.29) is 12.1 Å². The average Bonchev–Trinajstić information content (AvgIpc) is 2.15. The molecule has 1 amide bonds. The molecule has 0 heterocycles. The molecule has 0 aromatic carbocycles. The molecule has 0 radical (unpaired) electrons. The summed E-state index contributed by atoms with van der Waals surface area (Å²) >= 11 is 0. The lowest BCUT2D eigenvalue weighted by molar-refractivity contribution is 0.0498. The average molecular weight is 244 g/mol. The molecule has 0 aromatic rings. The maximum Gasteiger partial charge on any atom is 0.407 e. The number of alkyl carbamates (subject to hydrolysis) is 1. The topological polar surface area (TPSA) is 50.4 Å². The number of nitrogens with one attached hydrogen (secondary N) is 2. The molecule has 2 N–H and O–H groups in total. The number of hydrogen-bond acceptors (Lipinski definition) is 3. The summed E-state index contributed by atoms with van der Waals surface area (Å²) < 4.78 is 5.26. The third-order valence-electron chi connectivity index (χ3n) is 2.34. The molecular formula is C13H28N2O2. The zero-order chi connectivity index (χ0) is 13.3. The summed E-state index contributed by atoms with van der Waals surface area (Å²) in [6, 6.07) is 0.225. The standard InChI is InChI=1S/C13H28N2O2/c1-6-8-11(9-7-10-14-5)15-12(16)17-13(2,3)4/h11,14H,6-10H2,1-5H3,(H,15,16). The van der Waals surface area contributed by atoms with Gasteiger partial charge in [-0.1, -0.05) is 13.3 Å². The molecule has 102 valence electrons. The molecule has 1 unspecified atom stereocenters. The van der Waals surface area contributed by atoms with E-state index in [0.29, 0.717) is 0 Å². The normalized spacial score (nSPS) is 13.2. The van der Waals surface area contributed by atoms with Crippen LogP contribution in [0.5, 0.6) is 0 Å². The molecule has 0 aromatic heterocycles. The van der Waals surface area contributed by atoms with Gasteiger partial charge in [-0.3, -0.25) is 0 Å². The second-order valence-corrected chi connectivity index (χ2v) is 5.38. The number of carbonyl (C=O) groups is 1. The van der Waals surface area contributed by atoms with Crippen LogP contribution in [-0.2, 0) is 4.74 Å². The van der Waals surface area contributed by atoms with Crippen LogP contribution in [0.1, 0.15) is 53.4 Å². The molecule has 4 heteroatoms. The van der Waals surface area contributed by atoms with Gasteiger partial charge in [-0.15, -0.1) is 0 Å². The second-order valence-electron chi connectivity index (χ2n) is 5.38. The maximum absolute atomic E-state index is 11.6. The highest BCUT2D eigenvalue weighted by atomic mass is 16.6. The smallest absolute Gasteiger partial charge is 0.407 e. The van der Waals surface area contributed by atoms with Gasteiger partial charge in [0.05, 0.1) is 0 Å². The lowest BCUT2D eigenvalue weighted by Crippen LogP contribution is -2.39. The lowest BCUT2D eigenvalue weighted by Gasteiger charge is -2.23. The Kier molecular flexibility index (Phi) is 7.96. The Morgan fingerprint density at radius 1 is 1.29 bits per heavy atom. The van der Waals surface area contributed by atoms with Gasteiger partial charge in [0.25, 0.3) is 0 Å². The van der Waals surface area contributed by atoms with Gasteiger partial charge < -0.3 is 15.4 Å². The van der Waals surface area contributed by atoms with Gasteiger partial charge in [-0.25, -0.2) is 4.79 Å². The Morgan fingerprint density at radius 2 is 1.94 bits per heavy atom. The van der Waals surface area contributed by atoms with Crippen molar-refractivity contribution in [2.24, 2.45) is 0 Å². The van der Waals surface area contributed by atoms with Gasteiger partial charge in [-0.2, -0.15) is 0 Å². The fraction of sp³-hybridized carbons (Fsp3) is 0.923. The Balaban J connectivity index is 4.01. The third kappa shape index (κ3) is 10.1. The molecule has 0 spiro atoms. The fourth-order valence-corrected chi connectivity index (χ4v) is 1.64. The third-order valence-corrected chi connectivity index (χ3v) is 2.34. The predicted molar refractivity (Wildman–Crippen MR) is 71.2 cm³/mol. The predicted octanol–water partition coefficient (Wildman–Crippen LogP) is 2.68. The largest absolute Gasteiger partial charge is 0.444 e. The molecule has 0 fully saturated rings. The first-order valence-electron chi connectivity index (χ1n) is 6.53. The molecule has 17 heavy (non-hydrogen) atoms. The Morgan fingerprint density at radius 3 is 2.41 bits per heavy atom. The van der Waals surface area contributed by atoms with Crippen LogP contribution in [0.15, 0.2) is 0 Å². The maximum atomic E-state index is 11.6. The number of ether oxygens (including phenoxy) is 1. The Bertz CT molecular complexity index is 212. The van der Waals surface area contributed by atoms with Gasteiger partial charge in [-0.05, 0) is 53.6 Å². The summed E-state index contributed by atoms with van der Waals surface area (Å²) in [6.07, 6.45) is 3.83. The molecule has 4 nitrogen and oxygen atoms in total. The van der Waals surface area contributed by atoms with Crippen molar-refractivity contribution in [2.45, 2.75) is 65.0 Å². The van der Waals surface area contributed by atoms with Crippen LogP contribution in [0, 0.1) is 0 Å². The van der Waals surface area contributed by atoms with Crippen molar-refractivity contribution in [1.82, 2.24) is 10.6 Å². The summed E-state index contributed by atoms with van der Waals surface area (Å²) in [7, 11) is 1.94. The summed E-state index contributed by atoms with van der Waals surface area (Å²) in [5.74, 6) is 0. The summed E-state index contributed by atoms with van der Waals surface area (Å²) in [4.78, 5) is 11.6. The van der Waals surface area contributed by atoms with Gasteiger partial charge in [0.1, 0.15) is 5.60 Å². The first-order valence-corrected chi connectivity index (χ1v) is 6.53. The molecule has 0 saturated heterocycles. The molecule has 0 aliphatic heterocycles. The molecular weight excluding hydrogens is 216 g/mol. The van der Waals surface area contributed by atoms with Crippen LogP contribution in [0.4, 0.5) is 4.79 Å². The van der Waals surface area contributed by atoms with Crippen LogP contribution in [-0.4, -0.2) is 31.3 Å². The second kappa shape index (κ2) is 8.34. The van der Waals surface area contributed by atoms with Crippen molar-refractivity contribution in [2.75, 3.05) is 13.6 Å². The summed E-state index contributed by atoms with van der Waals surface area (Å²) in [5.41, 5.74) is -0.425. The Hall–Kier alpha value is -0.770. The minimum absolute atomic E-state index is 0.225. The minimum Gasteiger partial charge on any atom is -0.444 e. The van der Waals surface area contributed by atoms with Crippen molar-refractivity contribution >= 4 is 6.09 Å². The van der Waals surface area contributed by atoms with E-state index < -0.39 is 5.60 Å². The van der Waals surface area contributed by atoms with Gasteiger partial charge in [0.15, 0.2) is 0 Å². The number of carbonyl (C=O) groups excluding carboxylic acids is 1. The van der Waals surface area contributed by atoms with Crippen LogP contribution in [0.25, 0.3) is 0 Å². The van der Waals surface area contributed by atoms with Crippen molar-refractivity contribution in [3.05, 3.63) is 0 Å². The van der Waals surface area contributed by atoms with Crippen LogP contribution >= 0.6 is 0 Å². The monoisotopic (exact) mass is 244 g/mol. The number of amides is 1. The van der Waals surface area contributed by atoms with Crippen molar-refractivity contribution in [3.63, 3.8) is 0 Å². The Labute approximate surface area is 105 Å². The van der Waals surface area contributed by atoms with E-state index in [1.165, 1.54) is 0 Å². The molecule has 0 aliphatic rings. The van der Waals surface area contributed by atoms with E-state index >= 15 is 0 Å². The quantitative estimate of drug-likeness (QED) is 0.677. The van der Waals surface area contributed by atoms with E-state index in [2.05, 4.69) is 17.6 Å². The van der Waals surface area contributed by atoms with Crippen molar-refractivity contribution < 1.29 is 9.53 Å². The zero-order valence-electron chi connectivity index (χ0n) is 11.9. The highest BCUT2D eigenvalue weighted by molar-refractivity contribution is 5.68. The number of hydrogen-bond donors (Lipinski definition) is 2.